The minimum atomic E-state index is -1.21. The summed E-state index contributed by atoms with van der Waals surface area (Å²) in [6.07, 6.45) is 4.97. The fraction of sp³-hybridized carbons (Fsp3) is 0.250. The summed E-state index contributed by atoms with van der Waals surface area (Å²) in [6, 6.07) is 23.0. The van der Waals surface area contributed by atoms with Crippen LogP contribution in [0.25, 0.3) is 11.1 Å². The van der Waals surface area contributed by atoms with Gasteiger partial charge in [0.15, 0.2) is 0 Å². The van der Waals surface area contributed by atoms with Gasteiger partial charge < -0.3 is 19.3 Å². The van der Waals surface area contributed by atoms with Crippen molar-refractivity contribution in [1.82, 2.24) is 15.0 Å². The van der Waals surface area contributed by atoms with Crippen molar-refractivity contribution in [1.29, 1.82) is 0 Å². The smallest absolute Gasteiger partial charge is 0.362 e. The molecule has 0 saturated heterocycles. The summed E-state index contributed by atoms with van der Waals surface area (Å²) in [7, 11) is 1.60. The van der Waals surface area contributed by atoms with Crippen LogP contribution in [0.5, 0.6) is 23.1 Å². The van der Waals surface area contributed by atoms with E-state index in [4.69, 9.17) is 14.2 Å². The van der Waals surface area contributed by atoms with Crippen LogP contribution in [0.4, 0.5) is 0 Å². The molecule has 0 unspecified atom stereocenters. The second-order valence-corrected chi connectivity index (χ2v) is 8.73. The van der Waals surface area contributed by atoms with Crippen LogP contribution in [0, 0.1) is 0 Å². The molecule has 1 fully saturated rings. The SMILES string of the molecule is COc1ccc(Cn2nnc(C(=O)O)c2Oc2ccc(-c3cccc(OC4CCCC4)c3)cc2)cc1. The summed E-state index contributed by atoms with van der Waals surface area (Å²) >= 11 is 0. The number of carboxylic acids is 1. The molecule has 8 nitrogen and oxygen atoms in total. The molecule has 5 rings (SSSR count). The molecule has 1 aliphatic carbocycles. The van der Waals surface area contributed by atoms with Crippen molar-refractivity contribution in [3.63, 3.8) is 0 Å². The number of rotatable bonds is 9. The van der Waals surface area contributed by atoms with Gasteiger partial charge in [-0.25, -0.2) is 9.48 Å². The van der Waals surface area contributed by atoms with Crippen LogP contribution in [0.2, 0.25) is 0 Å². The maximum atomic E-state index is 11.7. The first-order chi connectivity index (χ1) is 17.6. The number of aromatic nitrogens is 3. The Labute approximate surface area is 209 Å². The molecular formula is C28H27N3O5. The highest BCUT2D eigenvalue weighted by atomic mass is 16.5. The first-order valence-corrected chi connectivity index (χ1v) is 11.9. The van der Waals surface area contributed by atoms with E-state index in [2.05, 4.69) is 10.3 Å². The molecule has 1 aromatic heterocycles. The predicted molar refractivity (Wildman–Crippen MR) is 134 cm³/mol. The third-order valence-corrected chi connectivity index (χ3v) is 6.22. The van der Waals surface area contributed by atoms with Crippen molar-refractivity contribution in [2.45, 2.75) is 38.3 Å². The Morgan fingerprint density at radius 2 is 1.67 bits per heavy atom. The Bertz CT molecular complexity index is 1330. The molecule has 0 atom stereocenters. The van der Waals surface area contributed by atoms with Crippen molar-refractivity contribution in [2.24, 2.45) is 0 Å². The van der Waals surface area contributed by atoms with E-state index in [1.165, 1.54) is 17.5 Å². The normalized spacial score (nSPS) is 13.5. The first kappa shape index (κ1) is 23.4. The largest absolute Gasteiger partial charge is 0.497 e. The number of methoxy groups -OCH3 is 1. The zero-order valence-electron chi connectivity index (χ0n) is 20.0. The lowest BCUT2D eigenvalue weighted by molar-refractivity contribution is 0.0687. The molecule has 1 saturated carbocycles. The average molecular weight is 486 g/mol. The van der Waals surface area contributed by atoms with E-state index >= 15 is 0 Å². The van der Waals surface area contributed by atoms with Gasteiger partial charge in [-0.1, -0.05) is 41.6 Å². The van der Waals surface area contributed by atoms with Crippen LogP contribution in [-0.2, 0) is 6.54 Å². The van der Waals surface area contributed by atoms with Crippen LogP contribution >= 0.6 is 0 Å². The molecule has 0 radical (unpaired) electrons. The van der Waals surface area contributed by atoms with Crippen LogP contribution in [0.15, 0.2) is 72.8 Å². The summed E-state index contributed by atoms with van der Waals surface area (Å²) in [4.78, 5) is 11.7. The highest BCUT2D eigenvalue weighted by Gasteiger charge is 2.22. The van der Waals surface area contributed by atoms with Gasteiger partial charge in [0.2, 0.25) is 5.69 Å². The van der Waals surface area contributed by atoms with Crippen LogP contribution in [-0.4, -0.2) is 39.3 Å². The number of hydrogen-bond acceptors (Lipinski definition) is 6. The molecular weight excluding hydrogens is 458 g/mol. The van der Waals surface area contributed by atoms with Gasteiger partial charge in [-0.15, -0.1) is 5.10 Å². The zero-order chi connectivity index (χ0) is 24.9. The van der Waals surface area contributed by atoms with Crippen LogP contribution < -0.4 is 14.2 Å². The van der Waals surface area contributed by atoms with E-state index in [1.54, 1.807) is 19.2 Å². The third kappa shape index (κ3) is 5.33. The van der Waals surface area contributed by atoms with E-state index in [-0.39, 0.29) is 11.6 Å². The standard InChI is InChI=1S/C28H27N3O5/c1-34-22-13-9-19(10-14-22)18-31-27(26(28(32)33)29-30-31)36-24-15-11-20(12-16-24)21-5-4-8-25(17-21)35-23-6-2-3-7-23/h4-5,8-17,23H,2-3,6-7,18H2,1H3,(H,32,33). The topological polar surface area (TPSA) is 95.7 Å². The van der Waals surface area contributed by atoms with Gasteiger partial charge in [0.05, 0.1) is 19.8 Å². The van der Waals surface area contributed by atoms with Crippen molar-refractivity contribution in [3.05, 3.63) is 84.1 Å². The zero-order valence-corrected chi connectivity index (χ0v) is 20.0. The maximum absolute atomic E-state index is 11.7. The Kier molecular flexibility index (Phi) is 6.84. The van der Waals surface area contributed by atoms with E-state index in [0.29, 0.717) is 18.4 Å². The average Bonchev–Trinajstić information content (AvgIpc) is 3.55. The van der Waals surface area contributed by atoms with Gasteiger partial charge >= 0.3 is 5.97 Å². The number of aromatic carboxylic acids is 1. The van der Waals surface area contributed by atoms with E-state index in [0.717, 1.165) is 41.0 Å². The molecule has 0 amide bonds. The molecule has 36 heavy (non-hydrogen) atoms. The number of benzene rings is 3. The van der Waals surface area contributed by atoms with Crippen LogP contribution in [0.1, 0.15) is 41.7 Å². The second-order valence-electron chi connectivity index (χ2n) is 8.73. The van der Waals surface area contributed by atoms with Crippen molar-refractivity contribution >= 4 is 5.97 Å². The summed E-state index contributed by atoms with van der Waals surface area (Å²) in [5, 5.41) is 17.4. The molecule has 8 heteroatoms. The van der Waals surface area contributed by atoms with Crippen molar-refractivity contribution in [3.8, 4) is 34.3 Å². The molecule has 0 aliphatic heterocycles. The summed E-state index contributed by atoms with van der Waals surface area (Å²) in [5.41, 5.74) is 2.69. The Balaban J connectivity index is 1.33. The van der Waals surface area contributed by atoms with Crippen LogP contribution in [0.3, 0.4) is 0 Å². The van der Waals surface area contributed by atoms with Gasteiger partial charge in [0.1, 0.15) is 17.2 Å². The van der Waals surface area contributed by atoms with Gasteiger partial charge in [0.25, 0.3) is 5.88 Å². The minimum Gasteiger partial charge on any atom is -0.497 e. The lowest BCUT2D eigenvalue weighted by Gasteiger charge is -2.14. The number of carbonyl (C=O) groups is 1. The molecule has 0 spiro atoms. The highest BCUT2D eigenvalue weighted by molar-refractivity contribution is 5.87. The minimum absolute atomic E-state index is 0.0676. The van der Waals surface area contributed by atoms with E-state index in [9.17, 15) is 9.90 Å². The number of nitrogens with zero attached hydrogens (tertiary/aromatic N) is 3. The molecule has 1 aliphatic rings. The molecule has 4 aromatic rings. The predicted octanol–water partition coefficient (Wildman–Crippen LogP) is 5.81. The maximum Gasteiger partial charge on any atom is 0.362 e. The molecule has 1 heterocycles. The lowest BCUT2D eigenvalue weighted by Crippen LogP contribution is -2.10. The summed E-state index contributed by atoms with van der Waals surface area (Å²) in [6.45, 7) is 0.297. The lowest BCUT2D eigenvalue weighted by atomic mass is 10.1. The van der Waals surface area contributed by atoms with Gasteiger partial charge in [-0.2, -0.15) is 0 Å². The molecule has 1 N–H and O–H groups in total. The number of ether oxygens (including phenoxy) is 3. The van der Waals surface area contributed by atoms with Gasteiger partial charge in [0, 0.05) is 0 Å². The third-order valence-electron chi connectivity index (χ3n) is 6.22. The monoisotopic (exact) mass is 485 g/mol. The number of carboxylic acid groups (broad SMARTS) is 1. The Morgan fingerprint density at radius 3 is 2.36 bits per heavy atom. The Morgan fingerprint density at radius 1 is 0.944 bits per heavy atom. The first-order valence-electron chi connectivity index (χ1n) is 11.9. The van der Waals surface area contributed by atoms with Gasteiger partial charge in [-0.3, -0.25) is 0 Å². The Hall–Kier alpha value is -4.33. The second kappa shape index (κ2) is 10.5. The summed E-state index contributed by atoms with van der Waals surface area (Å²) in [5.74, 6) is 0.952. The summed E-state index contributed by atoms with van der Waals surface area (Å²) < 4.78 is 18.7. The van der Waals surface area contributed by atoms with Gasteiger partial charge in [-0.05, 0) is 78.8 Å². The number of hydrogen-bond donors (Lipinski definition) is 1. The van der Waals surface area contributed by atoms with Crippen molar-refractivity contribution < 1.29 is 24.1 Å². The highest BCUT2D eigenvalue weighted by Crippen LogP contribution is 2.31. The van der Waals surface area contributed by atoms with Crippen molar-refractivity contribution in [2.75, 3.05) is 7.11 Å². The van der Waals surface area contributed by atoms with E-state index < -0.39 is 5.97 Å². The van der Waals surface area contributed by atoms with E-state index in [1.807, 2.05) is 60.7 Å². The molecule has 0 bridgehead atoms. The quantitative estimate of drug-likeness (QED) is 0.319. The fourth-order valence-corrected chi connectivity index (χ4v) is 4.32. The fourth-order valence-electron chi connectivity index (χ4n) is 4.32. The molecule has 184 valence electrons. The molecule has 3 aromatic carbocycles.